The molecule has 74 valence electrons. The van der Waals surface area contributed by atoms with E-state index in [1.54, 1.807) is 0 Å². The first kappa shape index (κ1) is 9.25. The Labute approximate surface area is 84.6 Å². The molecule has 0 radical (unpaired) electrons. The van der Waals surface area contributed by atoms with Crippen molar-refractivity contribution in [3.05, 3.63) is 35.9 Å². The van der Waals surface area contributed by atoms with Crippen molar-refractivity contribution in [3.8, 4) is 0 Å². The van der Waals surface area contributed by atoms with E-state index in [1.165, 1.54) is 11.2 Å². The molecule has 2 rings (SSSR count). The fourth-order valence-corrected chi connectivity index (χ4v) is 1.84. The van der Waals surface area contributed by atoms with Crippen molar-refractivity contribution >= 4 is 5.52 Å². The van der Waals surface area contributed by atoms with Crippen LogP contribution in [-0.2, 0) is 6.42 Å². The Kier molecular flexibility index (Phi) is 2.28. The lowest BCUT2D eigenvalue weighted by atomic mass is 10.2. The van der Waals surface area contributed by atoms with Crippen LogP contribution in [0, 0.1) is 0 Å². The summed E-state index contributed by atoms with van der Waals surface area (Å²) in [7, 11) is 0. The van der Waals surface area contributed by atoms with Crippen molar-refractivity contribution in [3.63, 3.8) is 0 Å². The van der Waals surface area contributed by atoms with Gasteiger partial charge < -0.3 is 4.40 Å². The van der Waals surface area contributed by atoms with Gasteiger partial charge in [0.15, 0.2) is 0 Å². The Morgan fingerprint density at radius 1 is 1.29 bits per heavy atom. The first-order chi connectivity index (χ1) is 6.74. The summed E-state index contributed by atoms with van der Waals surface area (Å²) in [4.78, 5) is 4.45. The van der Waals surface area contributed by atoms with Crippen LogP contribution in [0.4, 0.5) is 0 Å². The third kappa shape index (κ3) is 1.31. The van der Waals surface area contributed by atoms with Crippen molar-refractivity contribution in [2.75, 3.05) is 0 Å². The molecule has 2 nitrogen and oxygen atoms in total. The standard InChI is InChI=1S/C12H16N2/c1-4-10-5-6-11-7-8-13-12(9(2)3)14(10)11/h5-9H,4H2,1-3H3. The summed E-state index contributed by atoms with van der Waals surface area (Å²) >= 11 is 0. The minimum absolute atomic E-state index is 0.469. The van der Waals surface area contributed by atoms with Gasteiger partial charge in [-0.05, 0) is 24.6 Å². The fraction of sp³-hybridized carbons (Fsp3) is 0.417. The normalized spacial score (nSPS) is 11.4. The first-order valence-electron chi connectivity index (χ1n) is 5.19. The van der Waals surface area contributed by atoms with Crippen LogP contribution in [0.1, 0.15) is 38.2 Å². The quantitative estimate of drug-likeness (QED) is 0.708. The highest BCUT2D eigenvalue weighted by atomic mass is 15.0. The number of aromatic nitrogens is 2. The summed E-state index contributed by atoms with van der Waals surface area (Å²) in [6, 6.07) is 6.40. The highest BCUT2D eigenvalue weighted by Crippen LogP contribution is 2.18. The molecule has 0 amide bonds. The zero-order valence-corrected chi connectivity index (χ0v) is 8.99. The van der Waals surface area contributed by atoms with Gasteiger partial charge >= 0.3 is 0 Å². The zero-order valence-electron chi connectivity index (χ0n) is 8.99. The van der Waals surface area contributed by atoms with E-state index in [-0.39, 0.29) is 0 Å². The molecule has 0 saturated carbocycles. The topological polar surface area (TPSA) is 17.3 Å². The highest BCUT2D eigenvalue weighted by Gasteiger charge is 2.08. The zero-order chi connectivity index (χ0) is 10.1. The molecule has 0 spiro atoms. The molecule has 0 aliphatic rings. The second kappa shape index (κ2) is 3.45. The van der Waals surface area contributed by atoms with E-state index >= 15 is 0 Å². The number of hydrogen-bond acceptors (Lipinski definition) is 1. The smallest absolute Gasteiger partial charge is 0.115 e. The number of fused-ring (bicyclic) bond motifs is 1. The van der Waals surface area contributed by atoms with Gasteiger partial charge in [-0.15, -0.1) is 0 Å². The lowest BCUT2D eigenvalue weighted by Crippen LogP contribution is -2.04. The van der Waals surface area contributed by atoms with Crippen LogP contribution in [0.3, 0.4) is 0 Å². The molecule has 0 fully saturated rings. The van der Waals surface area contributed by atoms with E-state index in [4.69, 9.17) is 0 Å². The van der Waals surface area contributed by atoms with E-state index in [1.807, 2.05) is 6.20 Å². The number of rotatable bonds is 2. The van der Waals surface area contributed by atoms with E-state index in [9.17, 15) is 0 Å². The molecule has 2 aromatic rings. The van der Waals surface area contributed by atoms with E-state index in [0.29, 0.717) is 5.92 Å². The third-order valence-corrected chi connectivity index (χ3v) is 2.55. The second-order valence-corrected chi connectivity index (χ2v) is 3.90. The molecule has 0 atom stereocenters. The third-order valence-electron chi connectivity index (χ3n) is 2.55. The molecule has 2 heterocycles. The predicted octanol–water partition coefficient (Wildman–Crippen LogP) is 3.02. The summed E-state index contributed by atoms with van der Waals surface area (Å²) in [5.74, 6) is 1.63. The van der Waals surface area contributed by atoms with Gasteiger partial charge in [-0.2, -0.15) is 0 Å². The molecular formula is C12H16N2. The molecule has 0 N–H and O–H groups in total. The van der Waals surface area contributed by atoms with Crippen molar-refractivity contribution in [1.82, 2.24) is 9.38 Å². The maximum absolute atomic E-state index is 4.45. The minimum Gasteiger partial charge on any atom is -0.302 e. The Hall–Kier alpha value is -1.31. The largest absolute Gasteiger partial charge is 0.302 e. The number of aryl methyl sites for hydroxylation is 1. The molecule has 0 aliphatic carbocycles. The number of nitrogens with zero attached hydrogens (tertiary/aromatic N) is 2. The van der Waals surface area contributed by atoms with Crippen LogP contribution in [0.5, 0.6) is 0 Å². The van der Waals surface area contributed by atoms with Crippen molar-refractivity contribution in [2.45, 2.75) is 33.1 Å². The monoisotopic (exact) mass is 188 g/mol. The Morgan fingerprint density at radius 2 is 2.07 bits per heavy atom. The molecule has 0 aromatic carbocycles. The minimum atomic E-state index is 0.469. The van der Waals surface area contributed by atoms with E-state index in [0.717, 1.165) is 12.2 Å². The summed E-state index contributed by atoms with van der Waals surface area (Å²) in [5, 5.41) is 0. The van der Waals surface area contributed by atoms with E-state index < -0.39 is 0 Å². The average molecular weight is 188 g/mol. The maximum Gasteiger partial charge on any atom is 0.115 e. The maximum atomic E-state index is 4.45. The van der Waals surface area contributed by atoms with Crippen LogP contribution in [0.15, 0.2) is 24.4 Å². The van der Waals surface area contributed by atoms with Gasteiger partial charge in [0.25, 0.3) is 0 Å². The van der Waals surface area contributed by atoms with Crippen molar-refractivity contribution < 1.29 is 0 Å². The SMILES string of the molecule is CCc1ccc2ccnc(C(C)C)n12. The molecule has 0 unspecified atom stereocenters. The Balaban J connectivity index is 2.75. The molecule has 14 heavy (non-hydrogen) atoms. The van der Waals surface area contributed by atoms with Crippen LogP contribution in [0.2, 0.25) is 0 Å². The summed E-state index contributed by atoms with van der Waals surface area (Å²) < 4.78 is 2.27. The van der Waals surface area contributed by atoms with Gasteiger partial charge in [0.05, 0.1) is 0 Å². The molecule has 0 aliphatic heterocycles. The van der Waals surface area contributed by atoms with Crippen LogP contribution >= 0.6 is 0 Å². The molecule has 0 saturated heterocycles. The van der Waals surface area contributed by atoms with Gasteiger partial charge in [-0.25, -0.2) is 4.98 Å². The number of hydrogen-bond donors (Lipinski definition) is 0. The predicted molar refractivity (Wildman–Crippen MR) is 58.7 cm³/mol. The van der Waals surface area contributed by atoms with Crippen LogP contribution in [0.25, 0.3) is 5.52 Å². The Morgan fingerprint density at radius 3 is 2.71 bits per heavy atom. The lowest BCUT2D eigenvalue weighted by molar-refractivity contribution is 0.738. The Bertz CT molecular complexity index is 441. The van der Waals surface area contributed by atoms with Gasteiger partial charge in [0.1, 0.15) is 5.82 Å². The average Bonchev–Trinajstić information content (AvgIpc) is 2.59. The van der Waals surface area contributed by atoms with E-state index in [2.05, 4.69) is 48.4 Å². The van der Waals surface area contributed by atoms with Gasteiger partial charge in [-0.1, -0.05) is 20.8 Å². The summed E-state index contributed by atoms with van der Waals surface area (Å²) in [6.45, 7) is 6.54. The highest BCUT2D eigenvalue weighted by molar-refractivity contribution is 5.49. The van der Waals surface area contributed by atoms with Crippen molar-refractivity contribution in [2.24, 2.45) is 0 Å². The second-order valence-electron chi connectivity index (χ2n) is 3.90. The van der Waals surface area contributed by atoms with Crippen molar-refractivity contribution in [1.29, 1.82) is 0 Å². The molecule has 2 heteroatoms. The lowest BCUT2D eigenvalue weighted by Gasteiger charge is -2.10. The molecular weight excluding hydrogens is 172 g/mol. The van der Waals surface area contributed by atoms with Crippen LogP contribution in [-0.4, -0.2) is 9.38 Å². The van der Waals surface area contributed by atoms with Crippen LogP contribution < -0.4 is 0 Å². The van der Waals surface area contributed by atoms with Gasteiger partial charge in [0.2, 0.25) is 0 Å². The fourth-order valence-electron chi connectivity index (χ4n) is 1.84. The van der Waals surface area contributed by atoms with Gasteiger partial charge in [0, 0.05) is 23.3 Å². The first-order valence-corrected chi connectivity index (χ1v) is 5.19. The molecule has 2 aromatic heterocycles. The summed E-state index contributed by atoms with van der Waals surface area (Å²) in [5.41, 5.74) is 2.59. The van der Waals surface area contributed by atoms with Gasteiger partial charge in [-0.3, -0.25) is 0 Å². The molecule has 0 bridgehead atoms. The summed E-state index contributed by atoms with van der Waals surface area (Å²) in [6.07, 6.45) is 2.95.